The number of benzene rings is 2. The maximum absolute atomic E-state index is 14.1. The smallest absolute Gasteiger partial charge is 0.254 e. The summed E-state index contributed by atoms with van der Waals surface area (Å²) in [5, 5.41) is 5.29. The molecule has 0 bridgehead atoms. The Morgan fingerprint density at radius 3 is 2.58 bits per heavy atom. The molecule has 2 amide bonds. The van der Waals surface area contributed by atoms with Crippen LogP contribution in [0.1, 0.15) is 77.0 Å². The second-order valence-electron chi connectivity index (χ2n) is 9.81. The number of rotatable bonds is 5. The zero-order valence-electron chi connectivity index (χ0n) is 20.3. The van der Waals surface area contributed by atoms with Crippen molar-refractivity contribution >= 4 is 23.2 Å². The second kappa shape index (κ2) is 9.62. The van der Waals surface area contributed by atoms with Crippen LogP contribution >= 0.6 is 11.3 Å². The molecule has 36 heavy (non-hydrogen) atoms. The first-order valence-corrected chi connectivity index (χ1v) is 13.6. The second-order valence-corrected chi connectivity index (χ2v) is 10.8. The van der Waals surface area contributed by atoms with Gasteiger partial charge in [-0.25, -0.2) is 0 Å². The normalized spacial score (nSPS) is 22.2. The lowest BCUT2D eigenvalue weighted by Gasteiger charge is -2.44. The van der Waals surface area contributed by atoms with Crippen molar-refractivity contribution in [3.8, 4) is 11.5 Å². The molecule has 7 heteroatoms. The summed E-state index contributed by atoms with van der Waals surface area (Å²) >= 11 is 1.62. The van der Waals surface area contributed by atoms with E-state index in [4.69, 9.17) is 9.47 Å². The van der Waals surface area contributed by atoms with E-state index in [2.05, 4.69) is 11.4 Å². The Hall–Kier alpha value is -3.32. The lowest BCUT2D eigenvalue weighted by molar-refractivity contribution is -0.125. The molecule has 3 atom stereocenters. The highest BCUT2D eigenvalue weighted by atomic mass is 32.1. The van der Waals surface area contributed by atoms with Gasteiger partial charge in [0.1, 0.15) is 13.2 Å². The number of hydrogen-bond acceptors (Lipinski definition) is 5. The fourth-order valence-electron chi connectivity index (χ4n) is 5.90. The summed E-state index contributed by atoms with van der Waals surface area (Å²) in [4.78, 5) is 31.0. The lowest BCUT2D eigenvalue weighted by atomic mass is 9.80. The Morgan fingerprint density at radius 1 is 1.03 bits per heavy atom. The van der Waals surface area contributed by atoms with Crippen molar-refractivity contribution in [1.82, 2.24) is 10.2 Å². The fourth-order valence-corrected chi connectivity index (χ4v) is 6.76. The summed E-state index contributed by atoms with van der Waals surface area (Å²) in [5.74, 6) is 0.918. The number of amides is 2. The zero-order chi connectivity index (χ0) is 24.6. The van der Waals surface area contributed by atoms with Gasteiger partial charge in [-0.05, 0) is 60.5 Å². The molecule has 1 N–H and O–H groups in total. The third-order valence-corrected chi connectivity index (χ3v) is 8.58. The third-order valence-electron chi connectivity index (χ3n) is 7.64. The van der Waals surface area contributed by atoms with Crippen molar-refractivity contribution in [2.45, 2.75) is 56.7 Å². The molecule has 1 aromatic heterocycles. The molecule has 6 rings (SSSR count). The van der Waals surface area contributed by atoms with Gasteiger partial charge in [0, 0.05) is 16.5 Å². The Bertz CT molecular complexity index is 1270. The van der Waals surface area contributed by atoms with Gasteiger partial charge < -0.3 is 19.7 Å². The molecular formula is C29H30N2O4S. The van der Waals surface area contributed by atoms with Gasteiger partial charge in [-0.2, -0.15) is 0 Å². The maximum atomic E-state index is 14.1. The van der Waals surface area contributed by atoms with Crippen LogP contribution in [0.3, 0.4) is 0 Å². The molecule has 2 aliphatic heterocycles. The van der Waals surface area contributed by atoms with Crippen LogP contribution in [0, 0.1) is 0 Å². The Morgan fingerprint density at radius 2 is 1.81 bits per heavy atom. The molecule has 6 nitrogen and oxygen atoms in total. The minimum absolute atomic E-state index is 0.0415. The molecule has 0 radical (unpaired) electrons. The Labute approximate surface area is 215 Å². The van der Waals surface area contributed by atoms with Gasteiger partial charge in [0.25, 0.3) is 5.91 Å². The minimum Gasteiger partial charge on any atom is -0.486 e. The van der Waals surface area contributed by atoms with Crippen molar-refractivity contribution < 1.29 is 19.1 Å². The van der Waals surface area contributed by atoms with Crippen molar-refractivity contribution in [1.29, 1.82) is 0 Å². The molecule has 3 aliphatic rings. The lowest BCUT2D eigenvalue weighted by Crippen LogP contribution is -2.50. The van der Waals surface area contributed by atoms with Gasteiger partial charge >= 0.3 is 0 Å². The van der Waals surface area contributed by atoms with Crippen LogP contribution in [-0.2, 0) is 4.79 Å². The van der Waals surface area contributed by atoms with E-state index in [0.717, 1.165) is 47.4 Å². The molecule has 1 saturated carbocycles. The van der Waals surface area contributed by atoms with Crippen molar-refractivity contribution in [2.75, 3.05) is 13.2 Å². The van der Waals surface area contributed by atoms with Crippen LogP contribution in [0.15, 0.2) is 60.0 Å². The van der Waals surface area contributed by atoms with E-state index in [-0.39, 0.29) is 29.9 Å². The first-order valence-electron chi connectivity index (χ1n) is 12.8. The van der Waals surface area contributed by atoms with E-state index < -0.39 is 5.92 Å². The van der Waals surface area contributed by atoms with Gasteiger partial charge in [0.2, 0.25) is 5.91 Å². The van der Waals surface area contributed by atoms with E-state index in [0.29, 0.717) is 24.5 Å². The minimum atomic E-state index is -0.488. The molecule has 3 heterocycles. The summed E-state index contributed by atoms with van der Waals surface area (Å²) in [6.45, 7) is 3.04. The van der Waals surface area contributed by atoms with E-state index in [1.807, 2.05) is 65.7 Å². The van der Waals surface area contributed by atoms with Crippen molar-refractivity contribution in [3.05, 3.63) is 81.5 Å². The molecule has 0 unspecified atom stereocenters. The third kappa shape index (κ3) is 4.05. The summed E-state index contributed by atoms with van der Waals surface area (Å²) < 4.78 is 11.4. The molecule has 3 aromatic rings. The average molecular weight is 503 g/mol. The quantitative estimate of drug-likeness (QED) is 0.492. The van der Waals surface area contributed by atoms with Crippen molar-refractivity contribution in [3.63, 3.8) is 0 Å². The molecular weight excluding hydrogens is 472 g/mol. The number of nitrogens with zero attached hydrogens (tertiary/aromatic N) is 1. The van der Waals surface area contributed by atoms with Crippen LogP contribution in [-0.4, -0.2) is 36.0 Å². The molecule has 1 aliphatic carbocycles. The summed E-state index contributed by atoms with van der Waals surface area (Å²) in [6.07, 6.45) is 4.20. The van der Waals surface area contributed by atoms with Crippen LogP contribution in [0.25, 0.3) is 0 Å². The van der Waals surface area contributed by atoms with E-state index >= 15 is 0 Å². The Kier molecular flexibility index (Phi) is 6.17. The predicted octanol–water partition coefficient (Wildman–Crippen LogP) is 5.62. The van der Waals surface area contributed by atoms with Gasteiger partial charge in [0.15, 0.2) is 11.5 Å². The monoisotopic (exact) mass is 502 g/mol. The predicted molar refractivity (Wildman–Crippen MR) is 139 cm³/mol. The number of carbonyl (C=O) groups excluding carboxylic acids is 2. The number of fused-ring (bicyclic) bond motifs is 2. The van der Waals surface area contributed by atoms with Gasteiger partial charge in [-0.15, -0.1) is 11.3 Å². The first-order chi connectivity index (χ1) is 17.6. The molecule has 0 saturated heterocycles. The topological polar surface area (TPSA) is 67.9 Å². The number of ether oxygens (including phenoxy) is 2. The molecule has 2 aromatic carbocycles. The maximum Gasteiger partial charge on any atom is 0.254 e. The SMILES string of the molecule is C[C@H](NC(=O)[C@@H]1c2ccccc2C(=O)N(C2CCCC2)[C@H]1c1cccs1)c1ccc2c(c1)OCCO2. The highest BCUT2D eigenvalue weighted by Gasteiger charge is 2.47. The molecule has 0 spiro atoms. The van der Waals surface area contributed by atoms with E-state index in [1.165, 1.54) is 0 Å². The molecule has 1 fully saturated rings. The summed E-state index contributed by atoms with van der Waals surface area (Å²) in [5.41, 5.74) is 2.40. The number of thiophene rings is 1. The number of hydrogen-bond donors (Lipinski definition) is 1. The summed E-state index contributed by atoms with van der Waals surface area (Å²) in [7, 11) is 0. The van der Waals surface area contributed by atoms with Crippen LogP contribution in [0.2, 0.25) is 0 Å². The van der Waals surface area contributed by atoms with Gasteiger partial charge in [0.05, 0.1) is 18.0 Å². The van der Waals surface area contributed by atoms with E-state index in [9.17, 15) is 9.59 Å². The van der Waals surface area contributed by atoms with Crippen LogP contribution < -0.4 is 14.8 Å². The highest BCUT2D eigenvalue weighted by molar-refractivity contribution is 7.10. The highest BCUT2D eigenvalue weighted by Crippen LogP contribution is 2.47. The standard InChI is InChI=1S/C29H30N2O4S/c1-18(19-12-13-23-24(17-19)35-15-14-34-23)30-28(32)26-21-9-4-5-10-22(21)29(33)31(20-7-2-3-8-20)27(26)25-11-6-16-36-25/h4-6,9-13,16-18,20,26-27H,2-3,7-8,14-15H2,1H3,(H,30,32)/t18-,26+,27-/m0/s1. The molecule has 186 valence electrons. The van der Waals surface area contributed by atoms with Crippen LogP contribution in [0.5, 0.6) is 11.5 Å². The number of carbonyl (C=O) groups is 2. The average Bonchev–Trinajstić information content (AvgIpc) is 3.63. The van der Waals surface area contributed by atoms with Crippen molar-refractivity contribution in [2.24, 2.45) is 0 Å². The first kappa shape index (κ1) is 23.1. The van der Waals surface area contributed by atoms with Crippen LogP contribution in [0.4, 0.5) is 0 Å². The fraction of sp³-hybridized carbons (Fsp3) is 0.379. The summed E-state index contributed by atoms with van der Waals surface area (Å²) in [6, 6.07) is 17.1. The Balaban J connectivity index is 1.37. The van der Waals surface area contributed by atoms with Gasteiger partial charge in [-0.3, -0.25) is 9.59 Å². The largest absolute Gasteiger partial charge is 0.486 e. The van der Waals surface area contributed by atoms with E-state index in [1.54, 1.807) is 11.3 Å². The zero-order valence-corrected chi connectivity index (χ0v) is 21.1. The van der Waals surface area contributed by atoms with Gasteiger partial charge in [-0.1, -0.05) is 43.2 Å². The number of nitrogens with one attached hydrogen (secondary N) is 1.